The highest BCUT2D eigenvalue weighted by molar-refractivity contribution is 4.56. The lowest BCUT2D eigenvalue weighted by Crippen LogP contribution is -2.06. The maximum Gasteiger partial charge on any atom is 0.0462 e. The summed E-state index contributed by atoms with van der Waals surface area (Å²) in [5, 5.41) is 8.92. The van der Waals surface area contributed by atoms with Crippen LogP contribution in [0.1, 0.15) is 32.6 Å². The van der Waals surface area contributed by atoms with Crippen LogP contribution >= 0.6 is 0 Å². The van der Waals surface area contributed by atoms with Crippen molar-refractivity contribution in [3.63, 3.8) is 0 Å². The molecular formula is C9H20O2. The second-order valence-corrected chi connectivity index (χ2v) is 2.97. The molecule has 2 nitrogen and oxygen atoms in total. The first kappa shape index (κ1) is 10.9. The number of hydrogen-bond acceptors (Lipinski definition) is 2. The van der Waals surface area contributed by atoms with Gasteiger partial charge in [0, 0.05) is 20.3 Å². The average Bonchev–Trinajstić information content (AvgIpc) is 2.03. The van der Waals surface area contributed by atoms with Gasteiger partial charge in [-0.3, -0.25) is 0 Å². The standard InChI is InChI=1S/C9H20O2/c1-3-5-9(8-10)6-4-7-11-2/h9-10H,3-8H2,1-2H3. The lowest BCUT2D eigenvalue weighted by Gasteiger charge is -2.11. The molecule has 1 N–H and O–H groups in total. The molecule has 0 bridgehead atoms. The largest absolute Gasteiger partial charge is 0.396 e. The molecule has 0 aromatic rings. The zero-order valence-electron chi connectivity index (χ0n) is 7.68. The van der Waals surface area contributed by atoms with E-state index >= 15 is 0 Å². The van der Waals surface area contributed by atoms with Crippen molar-refractivity contribution in [1.82, 2.24) is 0 Å². The van der Waals surface area contributed by atoms with Crippen LogP contribution in [0.25, 0.3) is 0 Å². The van der Waals surface area contributed by atoms with Crippen LogP contribution in [0.15, 0.2) is 0 Å². The number of ether oxygens (including phenoxy) is 1. The van der Waals surface area contributed by atoms with Crippen molar-refractivity contribution in [2.24, 2.45) is 5.92 Å². The van der Waals surface area contributed by atoms with Gasteiger partial charge in [0.05, 0.1) is 0 Å². The normalized spacial score (nSPS) is 13.4. The Balaban J connectivity index is 3.20. The summed E-state index contributed by atoms with van der Waals surface area (Å²) in [7, 11) is 1.72. The van der Waals surface area contributed by atoms with E-state index in [0.29, 0.717) is 12.5 Å². The van der Waals surface area contributed by atoms with Crippen LogP contribution in [0, 0.1) is 5.92 Å². The zero-order chi connectivity index (χ0) is 8.53. The first-order valence-corrected chi connectivity index (χ1v) is 4.45. The predicted molar refractivity (Wildman–Crippen MR) is 46.6 cm³/mol. The number of aliphatic hydroxyl groups is 1. The minimum absolute atomic E-state index is 0.331. The molecule has 0 heterocycles. The number of hydrogen-bond donors (Lipinski definition) is 1. The zero-order valence-corrected chi connectivity index (χ0v) is 7.68. The molecule has 0 aliphatic heterocycles. The molecule has 0 aromatic carbocycles. The third-order valence-electron chi connectivity index (χ3n) is 1.92. The smallest absolute Gasteiger partial charge is 0.0462 e. The highest BCUT2D eigenvalue weighted by Crippen LogP contribution is 2.12. The van der Waals surface area contributed by atoms with E-state index in [1.807, 2.05) is 0 Å². The van der Waals surface area contributed by atoms with E-state index in [4.69, 9.17) is 9.84 Å². The lowest BCUT2D eigenvalue weighted by atomic mass is 9.99. The molecule has 0 aliphatic carbocycles. The SMILES string of the molecule is CCCC(CO)CCCOC. The molecule has 0 spiro atoms. The van der Waals surface area contributed by atoms with Crippen LogP contribution in [-0.2, 0) is 4.74 Å². The van der Waals surface area contributed by atoms with Crippen molar-refractivity contribution < 1.29 is 9.84 Å². The maximum absolute atomic E-state index is 8.92. The molecule has 0 fully saturated rings. The highest BCUT2D eigenvalue weighted by Gasteiger charge is 2.04. The fourth-order valence-corrected chi connectivity index (χ4v) is 1.25. The Morgan fingerprint density at radius 1 is 1.36 bits per heavy atom. The Morgan fingerprint density at radius 2 is 2.09 bits per heavy atom. The summed E-state index contributed by atoms with van der Waals surface area (Å²) < 4.78 is 4.93. The summed E-state index contributed by atoms with van der Waals surface area (Å²) in [6.45, 7) is 3.30. The Hall–Kier alpha value is -0.0800. The summed E-state index contributed by atoms with van der Waals surface area (Å²) in [4.78, 5) is 0. The van der Waals surface area contributed by atoms with E-state index in [1.165, 1.54) is 0 Å². The van der Waals surface area contributed by atoms with Gasteiger partial charge in [0.15, 0.2) is 0 Å². The summed E-state index contributed by atoms with van der Waals surface area (Å²) in [5.41, 5.74) is 0. The monoisotopic (exact) mass is 160 g/mol. The third-order valence-corrected chi connectivity index (χ3v) is 1.92. The summed E-state index contributed by atoms with van der Waals surface area (Å²) in [6, 6.07) is 0. The fourth-order valence-electron chi connectivity index (χ4n) is 1.25. The molecule has 68 valence electrons. The molecule has 0 saturated heterocycles. The molecule has 2 heteroatoms. The third kappa shape index (κ3) is 6.32. The van der Waals surface area contributed by atoms with Gasteiger partial charge in [-0.15, -0.1) is 0 Å². The van der Waals surface area contributed by atoms with Crippen LogP contribution in [-0.4, -0.2) is 25.4 Å². The minimum Gasteiger partial charge on any atom is -0.396 e. The quantitative estimate of drug-likeness (QED) is 0.576. The van der Waals surface area contributed by atoms with Crippen LogP contribution in [0.2, 0.25) is 0 Å². The van der Waals surface area contributed by atoms with Gasteiger partial charge >= 0.3 is 0 Å². The molecule has 1 unspecified atom stereocenters. The van der Waals surface area contributed by atoms with Crippen LogP contribution in [0.4, 0.5) is 0 Å². The van der Waals surface area contributed by atoms with Gasteiger partial charge in [0.25, 0.3) is 0 Å². The minimum atomic E-state index is 0.331. The molecule has 0 amide bonds. The Kier molecular flexibility index (Phi) is 7.96. The molecule has 0 rings (SSSR count). The van der Waals surface area contributed by atoms with E-state index in [0.717, 1.165) is 32.3 Å². The maximum atomic E-state index is 8.92. The number of methoxy groups -OCH3 is 1. The Morgan fingerprint density at radius 3 is 2.55 bits per heavy atom. The summed E-state index contributed by atoms with van der Waals surface area (Å²) in [5.74, 6) is 0.496. The van der Waals surface area contributed by atoms with Gasteiger partial charge in [-0.05, 0) is 25.2 Å². The summed E-state index contributed by atoms with van der Waals surface area (Å²) >= 11 is 0. The van der Waals surface area contributed by atoms with Crippen LogP contribution in [0.3, 0.4) is 0 Å². The molecule has 0 aliphatic rings. The molecule has 0 radical (unpaired) electrons. The van der Waals surface area contributed by atoms with E-state index < -0.39 is 0 Å². The molecule has 11 heavy (non-hydrogen) atoms. The second-order valence-electron chi connectivity index (χ2n) is 2.97. The highest BCUT2D eigenvalue weighted by atomic mass is 16.5. The van der Waals surface area contributed by atoms with Crippen LogP contribution < -0.4 is 0 Å². The Bertz CT molecular complexity index is 74.0. The second kappa shape index (κ2) is 8.02. The van der Waals surface area contributed by atoms with Crippen molar-refractivity contribution in [2.75, 3.05) is 20.3 Å². The van der Waals surface area contributed by atoms with Crippen molar-refractivity contribution in [1.29, 1.82) is 0 Å². The van der Waals surface area contributed by atoms with Crippen molar-refractivity contribution in [3.05, 3.63) is 0 Å². The molecule has 1 atom stereocenters. The van der Waals surface area contributed by atoms with Gasteiger partial charge in [-0.25, -0.2) is 0 Å². The fraction of sp³-hybridized carbons (Fsp3) is 1.00. The van der Waals surface area contributed by atoms with E-state index in [1.54, 1.807) is 7.11 Å². The average molecular weight is 160 g/mol. The summed E-state index contributed by atoms with van der Waals surface area (Å²) in [6.07, 6.45) is 4.47. The van der Waals surface area contributed by atoms with E-state index in [2.05, 4.69) is 6.92 Å². The lowest BCUT2D eigenvalue weighted by molar-refractivity contribution is 0.165. The van der Waals surface area contributed by atoms with Crippen molar-refractivity contribution in [2.45, 2.75) is 32.6 Å². The predicted octanol–water partition coefficient (Wildman–Crippen LogP) is 1.82. The van der Waals surface area contributed by atoms with Gasteiger partial charge in [0.2, 0.25) is 0 Å². The van der Waals surface area contributed by atoms with Gasteiger partial charge in [-0.2, -0.15) is 0 Å². The van der Waals surface area contributed by atoms with Gasteiger partial charge in [-0.1, -0.05) is 13.3 Å². The number of aliphatic hydroxyl groups excluding tert-OH is 1. The molecule has 0 saturated carbocycles. The van der Waals surface area contributed by atoms with Gasteiger partial charge in [0.1, 0.15) is 0 Å². The van der Waals surface area contributed by atoms with Crippen LogP contribution in [0.5, 0.6) is 0 Å². The van der Waals surface area contributed by atoms with Gasteiger partial charge < -0.3 is 9.84 Å². The first-order valence-electron chi connectivity index (χ1n) is 4.45. The van der Waals surface area contributed by atoms with Crippen molar-refractivity contribution in [3.8, 4) is 0 Å². The van der Waals surface area contributed by atoms with E-state index in [-0.39, 0.29) is 0 Å². The topological polar surface area (TPSA) is 29.5 Å². The number of rotatable bonds is 7. The molecule has 0 aromatic heterocycles. The van der Waals surface area contributed by atoms with E-state index in [9.17, 15) is 0 Å². The first-order chi connectivity index (χ1) is 5.35. The van der Waals surface area contributed by atoms with Crippen molar-refractivity contribution >= 4 is 0 Å². The Labute approximate surface area is 69.6 Å². The molecular weight excluding hydrogens is 140 g/mol.